The van der Waals surface area contributed by atoms with Crippen LogP contribution in [0.3, 0.4) is 0 Å². The molecule has 0 aliphatic carbocycles. The monoisotopic (exact) mass is 503 g/mol. The highest BCUT2D eigenvalue weighted by Crippen LogP contribution is 2.34. The molecule has 0 radical (unpaired) electrons. The third-order valence-electron chi connectivity index (χ3n) is 4.33. The van der Waals surface area contributed by atoms with Crippen molar-refractivity contribution in [2.24, 2.45) is 4.99 Å². The Morgan fingerprint density at radius 1 is 1.00 bits per heavy atom. The molecule has 150 valence electrons. The maximum atomic E-state index is 13.1. The largest absolute Gasteiger partial charge is 0.490 e. The van der Waals surface area contributed by atoms with Crippen molar-refractivity contribution in [3.05, 3.63) is 86.2 Å². The summed E-state index contributed by atoms with van der Waals surface area (Å²) in [7, 11) is 0. The van der Waals surface area contributed by atoms with E-state index in [9.17, 15) is 4.39 Å². The van der Waals surface area contributed by atoms with Gasteiger partial charge in [-0.05, 0) is 90.4 Å². The predicted molar refractivity (Wildman–Crippen MR) is 124 cm³/mol. The van der Waals surface area contributed by atoms with Crippen LogP contribution in [0.4, 0.5) is 10.1 Å². The number of nitrogens with zero attached hydrogens (tertiary/aromatic N) is 1. The Morgan fingerprint density at radius 3 is 2.45 bits per heavy atom. The molecule has 0 aliphatic heterocycles. The zero-order valence-electron chi connectivity index (χ0n) is 16.7. The molecule has 0 aliphatic rings. The van der Waals surface area contributed by atoms with E-state index < -0.39 is 0 Å². The Kier molecular flexibility index (Phi) is 7.25. The quantitative estimate of drug-likeness (QED) is 0.263. The molecule has 3 aromatic rings. The second-order valence-corrected chi connectivity index (χ2v) is 7.89. The molecule has 29 heavy (non-hydrogen) atoms. The fraction of sp³-hybridized carbons (Fsp3) is 0.208. The summed E-state index contributed by atoms with van der Waals surface area (Å²) in [6.07, 6.45) is 1.84. The lowest BCUT2D eigenvalue weighted by Gasteiger charge is -2.15. The van der Waals surface area contributed by atoms with Crippen LogP contribution in [0.5, 0.6) is 11.5 Å². The molecule has 5 heteroatoms. The number of rotatable bonds is 7. The summed E-state index contributed by atoms with van der Waals surface area (Å²) in [5.74, 6) is 1.09. The van der Waals surface area contributed by atoms with Gasteiger partial charge in [0.05, 0.1) is 15.9 Å². The lowest BCUT2D eigenvalue weighted by atomic mass is 10.1. The lowest BCUT2D eigenvalue weighted by Crippen LogP contribution is -2.02. The zero-order chi connectivity index (χ0) is 20.8. The fourth-order valence-corrected chi connectivity index (χ4v) is 3.68. The first-order valence-electron chi connectivity index (χ1n) is 9.41. The fourth-order valence-electron chi connectivity index (χ4n) is 2.90. The number of aliphatic imine (C=N–C) groups is 1. The Labute approximate surface area is 184 Å². The third kappa shape index (κ3) is 5.79. The Balaban J connectivity index is 1.83. The van der Waals surface area contributed by atoms with Crippen LogP contribution in [-0.2, 0) is 6.61 Å². The van der Waals surface area contributed by atoms with Gasteiger partial charge in [0, 0.05) is 6.21 Å². The van der Waals surface area contributed by atoms with Crippen LogP contribution in [-0.4, -0.2) is 12.8 Å². The summed E-state index contributed by atoms with van der Waals surface area (Å²) in [5, 5.41) is 0. The summed E-state index contributed by atoms with van der Waals surface area (Å²) in [5.41, 5.74) is 5.13. The SMILES string of the molecule is CCOc1cc(C=Nc2ccc(C)cc2C)cc(I)c1OCc1ccc(F)cc1. The molecular formula is C24H23FINO2. The van der Waals surface area contributed by atoms with Gasteiger partial charge in [0.25, 0.3) is 0 Å². The molecule has 0 spiro atoms. The van der Waals surface area contributed by atoms with Crippen LogP contribution in [0, 0.1) is 23.2 Å². The molecule has 0 fully saturated rings. The van der Waals surface area contributed by atoms with Crippen LogP contribution >= 0.6 is 22.6 Å². The first kappa shape index (κ1) is 21.3. The van der Waals surface area contributed by atoms with Crippen molar-refractivity contribution >= 4 is 34.5 Å². The summed E-state index contributed by atoms with van der Waals surface area (Å²) < 4.78 is 25.8. The molecule has 0 aromatic heterocycles. The zero-order valence-corrected chi connectivity index (χ0v) is 18.9. The second kappa shape index (κ2) is 9.87. The molecular weight excluding hydrogens is 480 g/mol. The van der Waals surface area contributed by atoms with Gasteiger partial charge < -0.3 is 9.47 Å². The van der Waals surface area contributed by atoms with Gasteiger partial charge in [-0.1, -0.05) is 29.8 Å². The van der Waals surface area contributed by atoms with Gasteiger partial charge in [0.2, 0.25) is 0 Å². The number of ether oxygens (including phenoxy) is 2. The van der Waals surface area contributed by atoms with E-state index in [2.05, 4.69) is 53.6 Å². The second-order valence-electron chi connectivity index (χ2n) is 6.73. The number of hydrogen-bond donors (Lipinski definition) is 0. The summed E-state index contributed by atoms with van der Waals surface area (Å²) in [6.45, 7) is 6.93. The van der Waals surface area contributed by atoms with Crippen LogP contribution in [0.25, 0.3) is 0 Å². The van der Waals surface area contributed by atoms with Crippen molar-refractivity contribution in [2.45, 2.75) is 27.4 Å². The molecule has 0 atom stereocenters. The molecule has 0 saturated heterocycles. The highest BCUT2D eigenvalue weighted by atomic mass is 127. The highest BCUT2D eigenvalue weighted by molar-refractivity contribution is 14.1. The number of hydrogen-bond acceptors (Lipinski definition) is 3. The average Bonchev–Trinajstić information content (AvgIpc) is 2.68. The number of halogens is 2. The molecule has 0 heterocycles. The van der Waals surface area contributed by atoms with Gasteiger partial charge in [-0.25, -0.2) is 4.39 Å². The first-order valence-corrected chi connectivity index (χ1v) is 10.5. The third-order valence-corrected chi connectivity index (χ3v) is 5.13. The van der Waals surface area contributed by atoms with E-state index in [1.54, 1.807) is 12.1 Å². The van der Waals surface area contributed by atoms with Gasteiger partial charge in [0.15, 0.2) is 11.5 Å². The van der Waals surface area contributed by atoms with Crippen LogP contribution < -0.4 is 9.47 Å². The first-order chi connectivity index (χ1) is 14.0. The maximum Gasteiger partial charge on any atom is 0.175 e. The van der Waals surface area contributed by atoms with Crippen LogP contribution in [0.1, 0.15) is 29.2 Å². The van der Waals surface area contributed by atoms with Crippen molar-refractivity contribution in [1.29, 1.82) is 0 Å². The van der Waals surface area contributed by atoms with E-state index in [4.69, 9.17) is 9.47 Å². The van der Waals surface area contributed by atoms with E-state index in [1.165, 1.54) is 17.7 Å². The van der Waals surface area contributed by atoms with E-state index in [-0.39, 0.29) is 5.82 Å². The molecule has 0 saturated carbocycles. The standard InChI is InChI=1S/C24H23FINO2/c1-4-28-23-13-19(14-27-22-10-5-16(2)11-17(22)3)12-21(26)24(23)29-15-18-6-8-20(25)9-7-18/h5-14H,4,15H2,1-3H3. The molecule has 0 unspecified atom stereocenters. The number of benzene rings is 3. The molecule has 0 amide bonds. The minimum atomic E-state index is -0.259. The highest BCUT2D eigenvalue weighted by Gasteiger charge is 2.12. The summed E-state index contributed by atoms with van der Waals surface area (Å²) in [6, 6.07) is 16.4. The minimum absolute atomic E-state index is 0.259. The van der Waals surface area contributed by atoms with Crippen LogP contribution in [0.2, 0.25) is 0 Å². The smallest absolute Gasteiger partial charge is 0.175 e. The Bertz CT molecular complexity index is 1020. The van der Waals surface area contributed by atoms with Crippen molar-refractivity contribution < 1.29 is 13.9 Å². The average molecular weight is 503 g/mol. The van der Waals surface area contributed by atoms with Gasteiger partial charge in [0.1, 0.15) is 12.4 Å². The van der Waals surface area contributed by atoms with E-state index >= 15 is 0 Å². The molecule has 3 aromatic carbocycles. The molecule has 3 nitrogen and oxygen atoms in total. The van der Waals surface area contributed by atoms with Crippen molar-refractivity contribution in [3.8, 4) is 11.5 Å². The Morgan fingerprint density at radius 2 is 1.76 bits per heavy atom. The predicted octanol–water partition coefficient (Wildman–Crippen LogP) is 6.78. The van der Waals surface area contributed by atoms with Crippen molar-refractivity contribution in [3.63, 3.8) is 0 Å². The normalized spacial score (nSPS) is 11.1. The van der Waals surface area contributed by atoms with Crippen LogP contribution in [0.15, 0.2) is 59.6 Å². The maximum absolute atomic E-state index is 13.1. The lowest BCUT2D eigenvalue weighted by molar-refractivity contribution is 0.267. The molecule has 3 rings (SSSR count). The number of aryl methyl sites for hydroxylation is 2. The minimum Gasteiger partial charge on any atom is -0.490 e. The summed E-state index contributed by atoms with van der Waals surface area (Å²) in [4.78, 5) is 4.63. The summed E-state index contributed by atoms with van der Waals surface area (Å²) >= 11 is 2.24. The topological polar surface area (TPSA) is 30.8 Å². The van der Waals surface area contributed by atoms with Gasteiger partial charge >= 0.3 is 0 Å². The molecule has 0 bridgehead atoms. The molecule has 0 N–H and O–H groups in total. The van der Waals surface area contributed by atoms with E-state index in [1.807, 2.05) is 31.3 Å². The van der Waals surface area contributed by atoms with Crippen molar-refractivity contribution in [1.82, 2.24) is 0 Å². The van der Waals surface area contributed by atoms with Gasteiger partial charge in [-0.2, -0.15) is 0 Å². The van der Waals surface area contributed by atoms with Gasteiger partial charge in [-0.3, -0.25) is 4.99 Å². The van der Waals surface area contributed by atoms with Crippen molar-refractivity contribution in [2.75, 3.05) is 6.61 Å². The van der Waals surface area contributed by atoms with E-state index in [0.29, 0.717) is 24.7 Å². The van der Waals surface area contributed by atoms with Gasteiger partial charge in [-0.15, -0.1) is 0 Å². The van der Waals surface area contributed by atoms with E-state index in [0.717, 1.165) is 25.9 Å². The Hall–Kier alpha value is -2.41.